The number of unbranched alkanes of at least 4 members (excludes halogenated alkanes) is 1. The van der Waals surface area contributed by atoms with Gasteiger partial charge in [0.1, 0.15) is 0 Å². The molecular weight excluding hydrogens is 386 g/mol. The van der Waals surface area contributed by atoms with Crippen LogP contribution in [0.1, 0.15) is 74.2 Å². The summed E-state index contributed by atoms with van der Waals surface area (Å²) in [6.45, 7) is 6.03. The highest BCUT2D eigenvalue weighted by Gasteiger charge is 2.37. The van der Waals surface area contributed by atoms with Crippen LogP contribution in [0.2, 0.25) is 0 Å². The molecule has 0 bridgehead atoms. The van der Waals surface area contributed by atoms with Crippen LogP contribution >= 0.6 is 0 Å². The zero-order valence-corrected chi connectivity index (χ0v) is 19.2. The van der Waals surface area contributed by atoms with Crippen LogP contribution in [0.3, 0.4) is 0 Å². The third-order valence-corrected chi connectivity index (χ3v) is 7.39. The summed E-state index contributed by atoms with van der Waals surface area (Å²) in [5, 5.41) is 3.24. The van der Waals surface area contributed by atoms with Crippen molar-refractivity contribution >= 4 is 11.8 Å². The van der Waals surface area contributed by atoms with Crippen LogP contribution in [-0.2, 0) is 11.2 Å². The molecule has 3 fully saturated rings. The van der Waals surface area contributed by atoms with E-state index in [9.17, 15) is 9.59 Å². The van der Waals surface area contributed by atoms with Gasteiger partial charge in [0.15, 0.2) is 0 Å². The Bertz CT molecular complexity index is 730. The zero-order valence-electron chi connectivity index (χ0n) is 19.2. The number of carbonyl (C=O) groups excluding carboxylic acids is 2. The van der Waals surface area contributed by atoms with Crippen LogP contribution in [0.15, 0.2) is 24.3 Å². The van der Waals surface area contributed by atoms with E-state index in [-0.39, 0.29) is 17.9 Å². The lowest BCUT2D eigenvalue weighted by Gasteiger charge is -2.40. The number of rotatable bonds is 9. The molecule has 5 heteroatoms. The SMILES string of the molecule is CCCCc1ccc(C(=O)N2CCN([C@H](C(=O)NCC3CC3)C3CCCC3)CC2)cc1. The highest BCUT2D eigenvalue weighted by Crippen LogP contribution is 2.32. The molecule has 1 aromatic rings. The minimum atomic E-state index is -0.0173. The largest absolute Gasteiger partial charge is 0.354 e. The highest BCUT2D eigenvalue weighted by molar-refractivity contribution is 5.94. The van der Waals surface area contributed by atoms with Crippen LogP contribution in [-0.4, -0.2) is 60.4 Å². The van der Waals surface area contributed by atoms with E-state index in [1.807, 2.05) is 17.0 Å². The summed E-state index contributed by atoms with van der Waals surface area (Å²) in [5.74, 6) is 1.52. The van der Waals surface area contributed by atoms with Gasteiger partial charge in [-0.3, -0.25) is 14.5 Å². The Morgan fingerprint density at radius 3 is 2.29 bits per heavy atom. The van der Waals surface area contributed by atoms with Gasteiger partial charge in [0.05, 0.1) is 6.04 Å². The number of nitrogens with one attached hydrogen (secondary N) is 1. The number of carbonyl (C=O) groups is 2. The lowest BCUT2D eigenvalue weighted by Crippen LogP contribution is -2.58. The zero-order chi connectivity index (χ0) is 21.6. The van der Waals surface area contributed by atoms with Gasteiger partial charge in [-0.15, -0.1) is 0 Å². The monoisotopic (exact) mass is 425 g/mol. The number of benzene rings is 1. The first-order valence-corrected chi connectivity index (χ1v) is 12.6. The van der Waals surface area contributed by atoms with Crippen LogP contribution in [0.25, 0.3) is 0 Å². The van der Waals surface area contributed by atoms with Gasteiger partial charge in [0, 0.05) is 38.3 Å². The normalized spacial score (nSPS) is 21.3. The second-order valence-electron chi connectivity index (χ2n) is 9.81. The standard InChI is InChI=1S/C26H39N3O2/c1-2-3-6-20-11-13-23(14-12-20)26(31)29-17-15-28(16-18-29)24(22-7-4-5-8-22)25(30)27-19-21-9-10-21/h11-14,21-22,24H,2-10,15-19H2,1H3,(H,27,30)/t24-/m0/s1. The first-order chi connectivity index (χ1) is 15.2. The van der Waals surface area contributed by atoms with Crippen molar-refractivity contribution in [1.29, 1.82) is 0 Å². The molecule has 1 N–H and O–H groups in total. The average Bonchev–Trinajstić information content (AvgIpc) is 3.49. The highest BCUT2D eigenvalue weighted by atomic mass is 16.2. The Morgan fingerprint density at radius 1 is 1.00 bits per heavy atom. The molecule has 1 saturated heterocycles. The molecule has 1 heterocycles. The molecule has 5 nitrogen and oxygen atoms in total. The van der Waals surface area contributed by atoms with E-state index in [0.29, 0.717) is 24.9 Å². The van der Waals surface area contributed by atoms with E-state index in [2.05, 4.69) is 29.3 Å². The van der Waals surface area contributed by atoms with Gasteiger partial charge in [0.25, 0.3) is 5.91 Å². The van der Waals surface area contributed by atoms with E-state index < -0.39 is 0 Å². The molecule has 1 aliphatic heterocycles. The Labute approximate surface area is 187 Å². The fourth-order valence-corrected chi connectivity index (χ4v) is 5.20. The van der Waals surface area contributed by atoms with E-state index in [1.54, 1.807) is 0 Å². The van der Waals surface area contributed by atoms with E-state index >= 15 is 0 Å². The Morgan fingerprint density at radius 2 is 1.68 bits per heavy atom. The lowest BCUT2D eigenvalue weighted by molar-refractivity contribution is -0.129. The third kappa shape index (κ3) is 5.88. The van der Waals surface area contributed by atoms with Crippen LogP contribution in [0.5, 0.6) is 0 Å². The van der Waals surface area contributed by atoms with Crippen molar-refractivity contribution in [2.45, 2.75) is 70.8 Å². The summed E-state index contributed by atoms with van der Waals surface area (Å²) in [4.78, 5) is 30.4. The molecule has 0 spiro atoms. The maximum Gasteiger partial charge on any atom is 0.253 e. The molecule has 0 unspecified atom stereocenters. The topological polar surface area (TPSA) is 52.7 Å². The van der Waals surface area contributed by atoms with Crippen LogP contribution in [0, 0.1) is 11.8 Å². The smallest absolute Gasteiger partial charge is 0.253 e. The Kier molecular flexibility index (Phi) is 7.65. The molecule has 3 aliphatic rings. The molecular formula is C26H39N3O2. The molecule has 2 aliphatic carbocycles. The predicted molar refractivity (Wildman–Crippen MR) is 124 cm³/mol. The number of aryl methyl sites for hydroxylation is 1. The van der Waals surface area contributed by atoms with Gasteiger partial charge in [-0.05, 0) is 68.1 Å². The van der Waals surface area contributed by atoms with Crippen molar-refractivity contribution in [2.24, 2.45) is 11.8 Å². The van der Waals surface area contributed by atoms with Crippen molar-refractivity contribution < 1.29 is 9.59 Å². The average molecular weight is 426 g/mol. The molecule has 0 aromatic heterocycles. The molecule has 4 rings (SSSR count). The van der Waals surface area contributed by atoms with Crippen LogP contribution < -0.4 is 5.32 Å². The number of hydrogen-bond acceptors (Lipinski definition) is 3. The van der Waals surface area contributed by atoms with Crippen molar-refractivity contribution in [3.05, 3.63) is 35.4 Å². The Balaban J connectivity index is 1.33. The van der Waals surface area contributed by atoms with E-state index in [4.69, 9.17) is 0 Å². The lowest BCUT2D eigenvalue weighted by atomic mass is 9.95. The summed E-state index contributed by atoms with van der Waals surface area (Å²) in [6, 6.07) is 8.13. The van der Waals surface area contributed by atoms with Crippen molar-refractivity contribution in [3.63, 3.8) is 0 Å². The van der Waals surface area contributed by atoms with Crippen LogP contribution in [0.4, 0.5) is 0 Å². The van der Waals surface area contributed by atoms with Gasteiger partial charge < -0.3 is 10.2 Å². The van der Waals surface area contributed by atoms with Gasteiger partial charge in [-0.1, -0.05) is 38.3 Å². The number of nitrogens with zero attached hydrogens (tertiary/aromatic N) is 2. The van der Waals surface area contributed by atoms with Gasteiger partial charge >= 0.3 is 0 Å². The van der Waals surface area contributed by atoms with E-state index in [0.717, 1.165) is 44.5 Å². The summed E-state index contributed by atoms with van der Waals surface area (Å²) in [5.41, 5.74) is 2.09. The maximum atomic E-state index is 13.1. The van der Waals surface area contributed by atoms with Crippen molar-refractivity contribution in [2.75, 3.05) is 32.7 Å². The molecule has 0 radical (unpaired) electrons. The molecule has 1 atom stereocenters. The van der Waals surface area contributed by atoms with E-state index in [1.165, 1.54) is 44.1 Å². The molecule has 170 valence electrons. The fourth-order valence-electron chi connectivity index (χ4n) is 5.20. The summed E-state index contributed by atoms with van der Waals surface area (Å²) < 4.78 is 0. The molecule has 2 amide bonds. The van der Waals surface area contributed by atoms with Crippen molar-refractivity contribution in [1.82, 2.24) is 15.1 Å². The number of piperazine rings is 1. The second-order valence-corrected chi connectivity index (χ2v) is 9.81. The summed E-state index contributed by atoms with van der Waals surface area (Å²) in [6.07, 6.45) is 10.8. The number of amides is 2. The molecule has 31 heavy (non-hydrogen) atoms. The maximum absolute atomic E-state index is 13.1. The third-order valence-electron chi connectivity index (χ3n) is 7.39. The minimum absolute atomic E-state index is 0.0173. The first-order valence-electron chi connectivity index (χ1n) is 12.6. The Hall–Kier alpha value is -1.88. The number of hydrogen-bond donors (Lipinski definition) is 1. The summed E-state index contributed by atoms with van der Waals surface area (Å²) >= 11 is 0. The fraction of sp³-hybridized carbons (Fsp3) is 0.692. The van der Waals surface area contributed by atoms with Gasteiger partial charge in [0.2, 0.25) is 5.91 Å². The summed E-state index contributed by atoms with van der Waals surface area (Å²) in [7, 11) is 0. The second kappa shape index (κ2) is 10.6. The predicted octanol–water partition coefficient (Wildman–Crippen LogP) is 3.87. The molecule has 1 aromatic carbocycles. The quantitative estimate of drug-likeness (QED) is 0.653. The molecule has 2 saturated carbocycles. The van der Waals surface area contributed by atoms with Gasteiger partial charge in [-0.25, -0.2) is 0 Å². The van der Waals surface area contributed by atoms with Crippen molar-refractivity contribution in [3.8, 4) is 0 Å². The first kappa shape index (κ1) is 22.3. The van der Waals surface area contributed by atoms with Gasteiger partial charge in [-0.2, -0.15) is 0 Å². The minimum Gasteiger partial charge on any atom is -0.354 e.